The Morgan fingerprint density at radius 3 is 1.27 bits per heavy atom. The van der Waals surface area contributed by atoms with Crippen molar-refractivity contribution < 1.29 is 4.79 Å². The van der Waals surface area contributed by atoms with Crippen LogP contribution in [-0.4, -0.2) is 10.7 Å². The number of benzene rings is 2. The van der Waals surface area contributed by atoms with Gasteiger partial charge in [0, 0.05) is 0 Å². The van der Waals surface area contributed by atoms with Crippen LogP contribution in [-0.2, 0) is 25.7 Å². The molecular weight excluding hydrogens is 532 g/mol. The fourth-order valence-electron chi connectivity index (χ4n) is 6.29. The van der Waals surface area contributed by atoms with Crippen LogP contribution >= 0.6 is 0 Å². The lowest BCUT2D eigenvalue weighted by Gasteiger charge is -2.21. The highest BCUT2D eigenvalue weighted by Gasteiger charge is 2.20. The van der Waals surface area contributed by atoms with Crippen LogP contribution in [0.4, 0.5) is 0 Å². The van der Waals surface area contributed by atoms with Crippen molar-refractivity contribution >= 4 is 11.4 Å². The van der Waals surface area contributed by atoms with Crippen LogP contribution in [0.15, 0.2) is 47.5 Å². The minimum Gasteiger partial charge on any atom is -0.348 e. The molecule has 0 N–H and O–H groups in total. The van der Waals surface area contributed by atoms with Gasteiger partial charge in [0.25, 0.3) is 0 Å². The zero-order valence-electron chi connectivity index (χ0n) is 29.5. The molecule has 2 heteroatoms. The molecule has 0 aliphatic heterocycles. The molecule has 0 aliphatic carbocycles. The van der Waals surface area contributed by atoms with Crippen LogP contribution in [0, 0.1) is 0 Å². The lowest BCUT2D eigenvalue weighted by molar-refractivity contribution is 0.00739. The fourth-order valence-corrected chi connectivity index (χ4v) is 6.29. The molecule has 0 radical (unpaired) electrons. The summed E-state index contributed by atoms with van der Waals surface area (Å²) in [5, 5.41) is 0. The number of aryl methyl sites for hydroxylation is 4. The molecule has 2 nitrogen and oxygen atoms in total. The molecule has 44 heavy (non-hydrogen) atoms. The van der Waals surface area contributed by atoms with Crippen molar-refractivity contribution in [2.75, 3.05) is 0 Å². The van der Waals surface area contributed by atoms with E-state index in [1.165, 1.54) is 109 Å². The molecule has 242 valence electrons. The van der Waals surface area contributed by atoms with Crippen molar-refractivity contribution in [2.24, 2.45) is 0 Å². The number of nitrogens with zero attached hydrogens (tertiary/aromatic N) is 2. The van der Waals surface area contributed by atoms with Gasteiger partial charge in [0.1, 0.15) is 0 Å². The van der Waals surface area contributed by atoms with Crippen molar-refractivity contribution in [2.45, 2.75) is 170 Å². The van der Waals surface area contributed by atoms with Crippen LogP contribution in [0.3, 0.4) is 0 Å². The maximum Gasteiger partial charge on any atom is 0.303 e. The van der Waals surface area contributed by atoms with E-state index in [9.17, 15) is 5.53 Å². The van der Waals surface area contributed by atoms with Gasteiger partial charge in [0.15, 0.2) is 0 Å². The van der Waals surface area contributed by atoms with Crippen LogP contribution in [0.5, 0.6) is 0 Å². The summed E-state index contributed by atoms with van der Waals surface area (Å²) in [5.74, 6) is 3.10. The van der Waals surface area contributed by atoms with Gasteiger partial charge >= 0.3 is 5.87 Å². The van der Waals surface area contributed by atoms with E-state index in [0.29, 0.717) is 0 Å². The minimum atomic E-state index is 0.890. The summed E-state index contributed by atoms with van der Waals surface area (Å²) in [4.78, 5) is 3.52. The average molecular weight is 597 g/mol. The summed E-state index contributed by atoms with van der Waals surface area (Å²) in [6.45, 7) is 13.7. The molecule has 0 fully saturated rings. The molecule has 0 unspecified atom stereocenters. The predicted octanol–water partition coefficient (Wildman–Crippen LogP) is 12.8. The van der Waals surface area contributed by atoms with E-state index < -0.39 is 0 Å². The van der Waals surface area contributed by atoms with Gasteiger partial charge in [-0.15, -0.1) is 4.79 Å². The van der Waals surface area contributed by atoms with Crippen molar-refractivity contribution in [3.05, 3.63) is 86.5 Å². The second kappa shape index (κ2) is 22.8. The smallest absolute Gasteiger partial charge is 0.303 e. The topological polar surface area (TPSA) is 36.4 Å². The van der Waals surface area contributed by atoms with Crippen LogP contribution in [0.2, 0.25) is 0 Å². The van der Waals surface area contributed by atoms with Gasteiger partial charge in [0.2, 0.25) is 0 Å². The van der Waals surface area contributed by atoms with Gasteiger partial charge in [0.05, 0.1) is 5.57 Å². The Balaban J connectivity index is 2.99. The van der Waals surface area contributed by atoms with E-state index >= 15 is 0 Å². The highest BCUT2D eigenvalue weighted by Crippen LogP contribution is 2.37. The SMILES string of the molecule is CCCCCc1cc(CCCCC)cc(C(=C(CCCC)C(=C=[N+]=[N-])CCCC)c2cc(CCCC)cc(CCCC)c2)c1. The first kappa shape index (κ1) is 37.5. The van der Waals surface area contributed by atoms with E-state index in [4.69, 9.17) is 0 Å². The lowest BCUT2D eigenvalue weighted by atomic mass is 9.82. The van der Waals surface area contributed by atoms with E-state index in [-0.39, 0.29) is 0 Å². The maximum absolute atomic E-state index is 9.82. The zero-order chi connectivity index (χ0) is 32.0. The minimum absolute atomic E-state index is 0.890. The standard InChI is InChI=1S/C42H64N2/c1-7-13-19-23-36-28-37(24-20-14-8-2)32-40(31-36)42(41(26-18-12-6)38(33-44-43)25-17-11-5)39-29-34(21-15-9-3)27-35(30-39)22-16-10-4/h27-32H,7-26H2,1-6H3. The Morgan fingerprint density at radius 2 is 0.886 bits per heavy atom. The molecule has 2 rings (SSSR count). The Morgan fingerprint density at radius 1 is 0.500 bits per heavy atom. The van der Waals surface area contributed by atoms with E-state index in [0.717, 1.165) is 69.8 Å². The molecule has 0 saturated heterocycles. The van der Waals surface area contributed by atoms with E-state index in [2.05, 4.69) is 88.6 Å². The first-order valence-electron chi connectivity index (χ1n) is 18.5. The number of allylic oxidation sites excluding steroid dienone is 2. The highest BCUT2D eigenvalue weighted by molar-refractivity contribution is 5.87. The molecule has 0 aromatic heterocycles. The monoisotopic (exact) mass is 597 g/mol. The third-order valence-corrected chi connectivity index (χ3v) is 8.87. The van der Waals surface area contributed by atoms with Crippen molar-refractivity contribution in [1.82, 2.24) is 0 Å². The Labute approximate surface area is 272 Å². The summed E-state index contributed by atoms with van der Waals surface area (Å²) in [6, 6.07) is 14.9. The molecule has 0 atom stereocenters. The quantitative estimate of drug-likeness (QED) is 0.0402. The van der Waals surface area contributed by atoms with Gasteiger partial charge in [-0.1, -0.05) is 129 Å². The Bertz CT molecular complexity index is 1170. The summed E-state index contributed by atoms with van der Waals surface area (Å²) < 4.78 is 0. The predicted molar refractivity (Wildman–Crippen MR) is 194 cm³/mol. The van der Waals surface area contributed by atoms with Crippen molar-refractivity contribution in [3.8, 4) is 0 Å². The average Bonchev–Trinajstić information content (AvgIpc) is 3.03. The molecular formula is C42H64N2. The molecule has 0 spiro atoms. The summed E-state index contributed by atoms with van der Waals surface area (Å²) in [6.07, 6.45) is 23.1. The second-order valence-electron chi connectivity index (χ2n) is 12.9. The summed E-state index contributed by atoms with van der Waals surface area (Å²) >= 11 is 0. The van der Waals surface area contributed by atoms with Gasteiger partial charge in [-0.3, -0.25) is 0 Å². The normalized spacial score (nSPS) is 11.7. The molecule has 0 bridgehead atoms. The van der Waals surface area contributed by atoms with Gasteiger partial charge in [-0.05, 0) is 122 Å². The van der Waals surface area contributed by atoms with Crippen LogP contribution in [0.1, 0.15) is 178 Å². The first-order valence-corrected chi connectivity index (χ1v) is 18.5. The van der Waals surface area contributed by atoms with Crippen molar-refractivity contribution in [1.29, 1.82) is 0 Å². The van der Waals surface area contributed by atoms with Gasteiger partial charge in [-0.25, -0.2) is 0 Å². The number of unbranched alkanes of at least 4 members (excludes halogenated alkanes) is 8. The first-order chi connectivity index (χ1) is 21.5. The number of hydrogen-bond acceptors (Lipinski definition) is 0. The molecule has 0 heterocycles. The summed E-state index contributed by atoms with van der Waals surface area (Å²) in [7, 11) is 0. The molecule has 2 aromatic rings. The van der Waals surface area contributed by atoms with E-state index in [1.54, 1.807) is 0 Å². The van der Waals surface area contributed by atoms with Gasteiger partial charge < -0.3 is 5.53 Å². The summed E-state index contributed by atoms with van der Waals surface area (Å²) in [5.41, 5.74) is 22.1. The number of rotatable bonds is 23. The van der Waals surface area contributed by atoms with Crippen LogP contribution in [0.25, 0.3) is 11.1 Å². The molecule has 0 amide bonds. The Hall–Kier alpha value is -2.66. The maximum atomic E-state index is 9.82. The largest absolute Gasteiger partial charge is 0.348 e. The zero-order valence-corrected chi connectivity index (χ0v) is 29.5. The van der Waals surface area contributed by atoms with Crippen LogP contribution < -0.4 is 0 Å². The van der Waals surface area contributed by atoms with Crippen molar-refractivity contribution in [3.63, 3.8) is 0 Å². The number of hydrogen-bond donors (Lipinski definition) is 0. The van der Waals surface area contributed by atoms with E-state index in [1.807, 2.05) is 0 Å². The third kappa shape index (κ3) is 13.1. The fraction of sp³-hybridized carbons (Fsp3) is 0.619. The molecule has 0 aliphatic rings. The molecule has 0 saturated carbocycles. The molecule has 2 aromatic carbocycles. The Kier molecular flexibility index (Phi) is 19.4. The highest BCUT2D eigenvalue weighted by atomic mass is 14.8. The third-order valence-electron chi connectivity index (χ3n) is 8.87. The lowest BCUT2D eigenvalue weighted by Crippen LogP contribution is -2.04. The van der Waals surface area contributed by atoms with Gasteiger partial charge in [-0.2, -0.15) is 0 Å². The second-order valence-corrected chi connectivity index (χ2v) is 12.9.